The van der Waals surface area contributed by atoms with E-state index in [0.717, 1.165) is 21.9 Å². The van der Waals surface area contributed by atoms with E-state index in [1.54, 1.807) is 12.4 Å². The van der Waals surface area contributed by atoms with Gasteiger partial charge in [-0.2, -0.15) is 0 Å². The number of carboxylic acids is 1. The van der Waals surface area contributed by atoms with Crippen molar-refractivity contribution < 1.29 is 9.90 Å². The second-order valence-electron chi connectivity index (χ2n) is 5.60. The molecule has 0 fully saturated rings. The molecule has 0 radical (unpaired) electrons. The predicted molar refractivity (Wildman–Crippen MR) is 93.8 cm³/mol. The lowest BCUT2D eigenvalue weighted by molar-refractivity contribution is -0.137. The van der Waals surface area contributed by atoms with Crippen molar-refractivity contribution in [2.45, 2.75) is 6.54 Å². The van der Waals surface area contributed by atoms with Gasteiger partial charge in [0, 0.05) is 23.5 Å². The maximum absolute atomic E-state index is 11.3. The maximum atomic E-state index is 11.3. The van der Waals surface area contributed by atoms with Crippen LogP contribution in [0.25, 0.3) is 33.3 Å². The summed E-state index contributed by atoms with van der Waals surface area (Å²) < 4.78 is 1.43. The molecule has 0 unspecified atom stereocenters. The maximum Gasteiger partial charge on any atom is 0.325 e. The van der Waals surface area contributed by atoms with Gasteiger partial charge in [0.2, 0.25) is 0 Å². The smallest absolute Gasteiger partial charge is 0.325 e. The number of hydrogen-bond donors (Lipinski definition) is 1. The van der Waals surface area contributed by atoms with Crippen LogP contribution in [-0.2, 0) is 11.3 Å². The molecule has 1 N–H and O–H groups in total. The first-order chi connectivity index (χ1) is 12.2. The zero-order valence-corrected chi connectivity index (χ0v) is 13.2. The summed E-state index contributed by atoms with van der Waals surface area (Å²) >= 11 is 0. The Hall–Kier alpha value is -3.54. The highest BCUT2D eigenvalue weighted by Gasteiger charge is 2.19. The van der Waals surface area contributed by atoms with Crippen molar-refractivity contribution >= 4 is 16.7 Å². The first-order valence-corrected chi connectivity index (χ1v) is 7.78. The molecule has 0 atom stereocenters. The van der Waals surface area contributed by atoms with E-state index in [4.69, 9.17) is 0 Å². The Bertz CT molecular complexity index is 1050. The van der Waals surface area contributed by atoms with E-state index in [1.165, 1.54) is 4.68 Å². The molecular weight excluding hydrogens is 316 g/mol. The lowest BCUT2D eigenvalue weighted by Crippen LogP contribution is -2.11. The van der Waals surface area contributed by atoms with Crippen molar-refractivity contribution in [3.05, 3.63) is 67.0 Å². The molecule has 6 heteroatoms. The first kappa shape index (κ1) is 15.0. The van der Waals surface area contributed by atoms with Gasteiger partial charge in [0.15, 0.2) is 0 Å². The minimum absolute atomic E-state index is 0.253. The summed E-state index contributed by atoms with van der Waals surface area (Å²) in [6.07, 6.45) is 3.36. The van der Waals surface area contributed by atoms with Crippen LogP contribution in [0, 0.1) is 0 Å². The van der Waals surface area contributed by atoms with E-state index < -0.39 is 5.97 Å². The fraction of sp³-hybridized carbons (Fsp3) is 0.0526. The molecule has 4 rings (SSSR count). The van der Waals surface area contributed by atoms with Gasteiger partial charge >= 0.3 is 5.97 Å². The van der Waals surface area contributed by atoms with Gasteiger partial charge in [-0.3, -0.25) is 9.78 Å². The third-order valence-electron chi connectivity index (χ3n) is 4.02. The number of nitrogens with zero attached hydrogens (tertiary/aromatic N) is 4. The molecule has 2 aromatic carbocycles. The number of hydrogen-bond acceptors (Lipinski definition) is 4. The molecule has 0 bridgehead atoms. The van der Waals surface area contributed by atoms with Crippen molar-refractivity contribution in [1.29, 1.82) is 0 Å². The van der Waals surface area contributed by atoms with Gasteiger partial charge in [-0.25, -0.2) is 4.68 Å². The van der Waals surface area contributed by atoms with Gasteiger partial charge in [-0.15, -0.1) is 5.10 Å². The van der Waals surface area contributed by atoms with Crippen molar-refractivity contribution in [3.63, 3.8) is 0 Å². The lowest BCUT2D eigenvalue weighted by atomic mass is 9.99. The number of fused-ring (bicyclic) bond motifs is 1. The van der Waals surface area contributed by atoms with E-state index in [0.29, 0.717) is 11.4 Å². The number of pyridine rings is 1. The number of rotatable bonds is 4. The molecule has 4 aromatic rings. The van der Waals surface area contributed by atoms with Gasteiger partial charge in [0.25, 0.3) is 0 Å². The molecule has 25 heavy (non-hydrogen) atoms. The highest BCUT2D eigenvalue weighted by Crippen LogP contribution is 2.34. The molecule has 6 nitrogen and oxygen atoms in total. The minimum Gasteiger partial charge on any atom is -0.480 e. The van der Waals surface area contributed by atoms with Crippen LogP contribution in [0.2, 0.25) is 0 Å². The molecule has 122 valence electrons. The summed E-state index contributed by atoms with van der Waals surface area (Å²) in [6, 6.07) is 17.6. The van der Waals surface area contributed by atoms with Crippen molar-refractivity contribution in [2.24, 2.45) is 0 Å². The molecule has 0 aliphatic rings. The van der Waals surface area contributed by atoms with Crippen LogP contribution in [0.4, 0.5) is 0 Å². The molecule has 0 amide bonds. The third-order valence-corrected chi connectivity index (χ3v) is 4.02. The van der Waals surface area contributed by atoms with Crippen molar-refractivity contribution in [3.8, 4) is 22.5 Å². The Morgan fingerprint density at radius 2 is 1.76 bits per heavy atom. The van der Waals surface area contributed by atoms with Gasteiger partial charge < -0.3 is 5.11 Å². The molecule has 2 heterocycles. The number of benzene rings is 2. The molecule has 0 saturated heterocycles. The largest absolute Gasteiger partial charge is 0.480 e. The predicted octanol–water partition coefficient (Wildman–Crippen LogP) is 3.24. The van der Waals surface area contributed by atoms with E-state index in [9.17, 15) is 9.90 Å². The summed E-state index contributed by atoms with van der Waals surface area (Å²) in [5.41, 5.74) is 3.07. The average molecular weight is 330 g/mol. The van der Waals surface area contributed by atoms with Crippen LogP contribution in [0.1, 0.15) is 0 Å². The molecule has 0 saturated carbocycles. The van der Waals surface area contributed by atoms with E-state index in [-0.39, 0.29) is 6.54 Å². The Balaban J connectivity index is 2.01. The quantitative estimate of drug-likeness (QED) is 0.621. The number of carboxylic acid groups (broad SMARTS) is 1. The Morgan fingerprint density at radius 1 is 1.00 bits per heavy atom. The molecule has 2 aromatic heterocycles. The third kappa shape index (κ3) is 2.74. The summed E-state index contributed by atoms with van der Waals surface area (Å²) in [6.45, 7) is -0.253. The fourth-order valence-electron chi connectivity index (χ4n) is 2.95. The normalized spacial score (nSPS) is 10.9. The van der Waals surface area contributed by atoms with Crippen LogP contribution >= 0.6 is 0 Å². The monoisotopic (exact) mass is 330 g/mol. The number of aliphatic carboxylic acids is 1. The Morgan fingerprint density at radius 3 is 2.56 bits per heavy atom. The highest BCUT2D eigenvalue weighted by atomic mass is 16.4. The van der Waals surface area contributed by atoms with Crippen LogP contribution < -0.4 is 0 Å². The van der Waals surface area contributed by atoms with Crippen LogP contribution in [-0.4, -0.2) is 31.1 Å². The second kappa shape index (κ2) is 6.16. The zero-order chi connectivity index (χ0) is 17.2. The molecule has 0 spiro atoms. The summed E-state index contributed by atoms with van der Waals surface area (Å²) in [5, 5.41) is 19.7. The first-order valence-electron chi connectivity index (χ1n) is 7.78. The zero-order valence-electron chi connectivity index (χ0n) is 13.2. The number of aromatic nitrogens is 4. The van der Waals surface area contributed by atoms with Gasteiger partial charge in [-0.05, 0) is 22.9 Å². The average Bonchev–Trinajstić information content (AvgIpc) is 3.04. The Kier molecular flexibility index (Phi) is 3.70. The SMILES string of the molecule is O=C(O)Cn1nnc(-c2ccncc2)c1-c1cccc2ccccc12. The highest BCUT2D eigenvalue weighted by molar-refractivity contribution is 5.98. The summed E-state index contributed by atoms with van der Waals surface area (Å²) in [4.78, 5) is 15.3. The Labute approximate surface area is 143 Å². The van der Waals surface area contributed by atoms with Crippen molar-refractivity contribution in [1.82, 2.24) is 20.0 Å². The minimum atomic E-state index is -0.965. The standard InChI is InChI=1S/C19H14N4O2/c24-17(25)12-23-19(18(21-22-23)14-8-10-20-11-9-14)16-7-3-5-13-4-1-2-6-15(13)16/h1-11H,12H2,(H,24,25). The molecule has 0 aliphatic heterocycles. The van der Waals surface area contributed by atoms with E-state index >= 15 is 0 Å². The van der Waals surface area contributed by atoms with E-state index in [1.807, 2.05) is 54.6 Å². The molecular formula is C19H14N4O2. The fourth-order valence-corrected chi connectivity index (χ4v) is 2.95. The summed E-state index contributed by atoms with van der Waals surface area (Å²) in [5.74, 6) is -0.965. The second-order valence-corrected chi connectivity index (χ2v) is 5.60. The van der Waals surface area contributed by atoms with Crippen LogP contribution in [0.5, 0.6) is 0 Å². The summed E-state index contributed by atoms with van der Waals surface area (Å²) in [7, 11) is 0. The van der Waals surface area contributed by atoms with Gasteiger partial charge in [0.1, 0.15) is 12.2 Å². The van der Waals surface area contributed by atoms with Crippen LogP contribution in [0.15, 0.2) is 67.0 Å². The van der Waals surface area contributed by atoms with Gasteiger partial charge in [-0.1, -0.05) is 47.7 Å². The van der Waals surface area contributed by atoms with Crippen molar-refractivity contribution in [2.75, 3.05) is 0 Å². The van der Waals surface area contributed by atoms with Crippen LogP contribution in [0.3, 0.4) is 0 Å². The van der Waals surface area contributed by atoms with Gasteiger partial charge in [0.05, 0.1) is 5.69 Å². The lowest BCUT2D eigenvalue weighted by Gasteiger charge is -2.10. The molecule has 0 aliphatic carbocycles. The van der Waals surface area contributed by atoms with E-state index in [2.05, 4.69) is 15.3 Å². The topological polar surface area (TPSA) is 80.9 Å². The number of carbonyl (C=O) groups is 1.